The maximum atomic E-state index is 10.9. The van der Waals surface area contributed by atoms with Crippen LogP contribution in [-0.2, 0) is 0 Å². The molecular weight excluding hydrogens is 312 g/mol. The summed E-state index contributed by atoms with van der Waals surface area (Å²) in [5, 5.41) is 19.3. The molecule has 0 spiro atoms. The number of benzene rings is 1. The van der Waals surface area contributed by atoms with Crippen LogP contribution in [0.4, 0.5) is 4.79 Å². The summed E-state index contributed by atoms with van der Waals surface area (Å²) in [7, 11) is 0. The van der Waals surface area contributed by atoms with E-state index in [0.29, 0.717) is 30.3 Å². The van der Waals surface area contributed by atoms with E-state index in [9.17, 15) is 9.90 Å². The average Bonchev–Trinajstić information content (AvgIpc) is 2.50. The van der Waals surface area contributed by atoms with E-state index < -0.39 is 6.16 Å². The zero-order valence-corrected chi connectivity index (χ0v) is 14.9. The number of aromatic hydroxyl groups is 1. The molecule has 0 fully saturated rings. The minimum Gasteiger partial charge on any atom is -0.504 e. The molecule has 0 saturated heterocycles. The van der Waals surface area contributed by atoms with Gasteiger partial charge in [-0.05, 0) is 18.8 Å². The summed E-state index contributed by atoms with van der Waals surface area (Å²) >= 11 is 0. The predicted molar refractivity (Wildman–Crippen MR) is 91.7 cm³/mol. The molecule has 0 bridgehead atoms. The summed E-state index contributed by atoms with van der Waals surface area (Å²) in [6.07, 6.45) is 2.20. The summed E-state index contributed by atoms with van der Waals surface area (Å²) in [6.45, 7) is 8.88. The molecule has 6 heteroatoms. The Balaban J connectivity index is 3.30. The van der Waals surface area contributed by atoms with Crippen molar-refractivity contribution in [1.82, 2.24) is 0 Å². The van der Waals surface area contributed by atoms with Crippen molar-refractivity contribution in [2.45, 2.75) is 59.3 Å². The number of carboxylic acid groups (broad SMARTS) is 1. The van der Waals surface area contributed by atoms with Gasteiger partial charge in [0, 0.05) is 11.6 Å². The van der Waals surface area contributed by atoms with E-state index in [1.54, 1.807) is 0 Å². The third kappa shape index (κ3) is 5.51. The monoisotopic (exact) mass is 340 g/mol. The summed E-state index contributed by atoms with van der Waals surface area (Å²) < 4.78 is 16.3. The van der Waals surface area contributed by atoms with Gasteiger partial charge in [-0.15, -0.1) is 0 Å². The van der Waals surface area contributed by atoms with Crippen LogP contribution >= 0.6 is 0 Å². The van der Waals surface area contributed by atoms with E-state index in [4.69, 9.17) is 19.3 Å². The lowest BCUT2D eigenvalue weighted by atomic mass is 9.99. The first kappa shape index (κ1) is 19.9. The number of rotatable bonds is 10. The minimum absolute atomic E-state index is 0.0903. The van der Waals surface area contributed by atoms with Crippen molar-refractivity contribution in [2.75, 3.05) is 13.2 Å². The second kappa shape index (κ2) is 9.90. The molecule has 0 amide bonds. The number of phenols is 1. The highest BCUT2D eigenvalue weighted by atomic mass is 16.7. The first-order valence-electron chi connectivity index (χ1n) is 8.48. The average molecular weight is 340 g/mol. The third-order valence-electron chi connectivity index (χ3n) is 3.49. The van der Waals surface area contributed by atoms with Crippen molar-refractivity contribution < 1.29 is 29.2 Å². The van der Waals surface area contributed by atoms with Crippen LogP contribution < -0.4 is 14.2 Å². The van der Waals surface area contributed by atoms with Gasteiger partial charge in [0.25, 0.3) is 0 Å². The highest BCUT2D eigenvalue weighted by Gasteiger charge is 2.24. The Morgan fingerprint density at radius 3 is 2.17 bits per heavy atom. The van der Waals surface area contributed by atoms with Gasteiger partial charge in [-0.2, -0.15) is 0 Å². The minimum atomic E-state index is -1.49. The molecule has 0 aliphatic carbocycles. The lowest BCUT2D eigenvalue weighted by Gasteiger charge is -2.21. The topological polar surface area (TPSA) is 85.2 Å². The van der Waals surface area contributed by atoms with Gasteiger partial charge >= 0.3 is 6.16 Å². The molecular formula is C18H28O6. The van der Waals surface area contributed by atoms with Crippen LogP contribution in [0.1, 0.15) is 64.9 Å². The van der Waals surface area contributed by atoms with E-state index >= 15 is 0 Å². The molecule has 1 aromatic rings. The summed E-state index contributed by atoms with van der Waals surface area (Å²) in [5.74, 6) is 0.414. The molecule has 2 N–H and O–H groups in total. The predicted octanol–water partition coefficient (Wildman–Crippen LogP) is 4.93. The van der Waals surface area contributed by atoms with Gasteiger partial charge in [0.1, 0.15) is 0 Å². The Hall–Kier alpha value is -2.11. The number of carbonyl (C=O) groups is 1. The van der Waals surface area contributed by atoms with Crippen molar-refractivity contribution in [1.29, 1.82) is 0 Å². The Bertz CT molecular complexity index is 539. The number of phenolic OH excluding ortho intramolecular Hbond substituents is 1. The molecule has 0 atom stereocenters. The molecule has 0 aromatic heterocycles. The molecule has 24 heavy (non-hydrogen) atoms. The van der Waals surface area contributed by atoms with Crippen molar-refractivity contribution >= 4 is 6.16 Å². The van der Waals surface area contributed by atoms with Gasteiger partial charge in [0.2, 0.25) is 0 Å². The Labute approximate surface area is 143 Å². The van der Waals surface area contributed by atoms with Crippen molar-refractivity contribution in [3.63, 3.8) is 0 Å². The van der Waals surface area contributed by atoms with Gasteiger partial charge in [-0.25, -0.2) is 4.79 Å². The van der Waals surface area contributed by atoms with Crippen LogP contribution in [0.3, 0.4) is 0 Å². The molecule has 0 aliphatic heterocycles. The van der Waals surface area contributed by atoms with E-state index in [2.05, 4.69) is 13.8 Å². The van der Waals surface area contributed by atoms with Crippen molar-refractivity contribution in [3.8, 4) is 23.0 Å². The standard InChI is InChI=1S/C18H28O6/c1-5-7-9-22-14-11-13(24-18(20)21)16(19)15(12(3)4)17(14)23-10-8-6-2/h11-12,19H,5-10H2,1-4H3,(H,20,21). The van der Waals surface area contributed by atoms with Gasteiger partial charge in [0.15, 0.2) is 23.0 Å². The van der Waals surface area contributed by atoms with Crippen LogP contribution in [0.15, 0.2) is 6.07 Å². The van der Waals surface area contributed by atoms with Crippen LogP contribution in [-0.4, -0.2) is 29.6 Å². The highest BCUT2D eigenvalue weighted by molar-refractivity contribution is 5.68. The zero-order chi connectivity index (χ0) is 18.1. The van der Waals surface area contributed by atoms with Crippen molar-refractivity contribution in [3.05, 3.63) is 11.6 Å². The quantitative estimate of drug-likeness (QED) is 0.357. The van der Waals surface area contributed by atoms with Crippen molar-refractivity contribution in [2.24, 2.45) is 0 Å². The van der Waals surface area contributed by atoms with Crippen LogP contribution in [0.2, 0.25) is 0 Å². The molecule has 0 radical (unpaired) electrons. The number of hydrogen-bond donors (Lipinski definition) is 2. The lowest BCUT2D eigenvalue weighted by Crippen LogP contribution is -2.09. The largest absolute Gasteiger partial charge is 0.511 e. The molecule has 0 heterocycles. The number of unbranched alkanes of at least 4 members (excludes halogenated alkanes) is 2. The Kier molecular flexibility index (Phi) is 8.22. The molecule has 1 aromatic carbocycles. The fourth-order valence-electron chi connectivity index (χ4n) is 2.23. The fourth-order valence-corrected chi connectivity index (χ4v) is 2.23. The van der Waals surface area contributed by atoms with Gasteiger partial charge in [0.05, 0.1) is 13.2 Å². The number of hydrogen-bond acceptors (Lipinski definition) is 5. The molecule has 0 unspecified atom stereocenters. The van der Waals surface area contributed by atoms with E-state index in [1.165, 1.54) is 6.07 Å². The summed E-state index contributed by atoms with van der Waals surface area (Å²) in [5.41, 5.74) is 0.497. The SMILES string of the molecule is CCCCOc1cc(OC(=O)O)c(O)c(C(C)C)c1OCCCC. The lowest BCUT2D eigenvalue weighted by molar-refractivity contribution is 0.142. The normalized spacial score (nSPS) is 10.7. The first-order valence-corrected chi connectivity index (χ1v) is 8.48. The van der Waals surface area contributed by atoms with Crippen LogP contribution in [0.25, 0.3) is 0 Å². The molecule has 1 rings (SSSR count). The van der Waals surface area contributed by atoms with E-state index in [1.807, 2.05) is 13.8 Å². The summed E-state index contributed by atoms with van der Waals surface area (Å²) in [6, 6.07) is 1.38. The first-order chi connectivity index (χ1) is 11.4. The molecule has 136 valence electrons. The smallest absolute Gasteiger partial charge is 0.504 e. The molecule has 0 aliphatic rings. The maximum Gasteiger partial charge on any atom is 0.511 e. The van der Waals surface area contributed by atoms with E-state index in [-0.39, 0.29) is 17.4 Å². The van der Waals surface area contributed by atoms with E-state index in [0.717, 1.165) is 25.7 Å². The van der Waals surface area contributed by atoms with Crippen LogP contribution in [0.5, 0.6) is 23.0 Å². The molecule has 6 nitrogen and oxygen atoms in total. The Morgan fingerprint density at radius 2 is 1.67 bits per heavy atom. The van der Waals surface area contributed by atoms with Crippen LogP contribution in [0, 0.1) is 0 Å². The second-order valence-electron chi connectivity index (χ2n) is 5.89. The second-order valence-corrected chi connectivity index (χ2v) is 5.89. The van der Waals surface area contributed by atoms with Gasteiger partial charge < -0.3 is 24.4 Å². The zero-order valence-electron chi connectivity index (χ0n) is 14.9. The fraction of sp³-hybridized carbons (Fsp3) is 0.611. The maximum absolute atomic E-state index is 10.9. The Morgan fingerprint density at radius 1 is 1.08 bits per heavy atom. The third-order valence-corrected chi connectivity index (χ3v) is 3.49. The number of ether oxygens (including phenoxy) is 3. The highest BCUT2D eigenvalue weighted by Crippen LogP contribution is 2.47. The molecule has 0 saturated carbocycles. The summed E-state index contributed by atoms with van der Waals surface area (Å²) in [4.78, 5) is 10.9. The van der Waals surface area contributed by atoms with Gasteiger partial charge in [-0.3, -0.25) is 0 Å². The van der Waals surface area contributed by atoms with Gasteiger partial charge in [-0.1, -0.05) is 40.5 Å².